The lowest BCUT2D eigenvalue weighted by Crippen LogP contribution is -2.42. The van der Waals surface area contributed by atoms with Crippen LogP contribution in [0, 0.1) is 5.82 Å². The molecule has 0 radical (unpaired) electrons. The van der Waals surface area contributed by atoms with Gasteiger partial charge in [0.25, 0.3) is 11.8 Å². The number of aliphatic imine (C=N–C) groups is 1. The number of aliphatic hydroxyl groups excluding tert-OH is 1. The molecule has 2 heterocycles. The quantitative estimate of drug-likeness (QED) is 0.651. The number of nitrogens with one attached hydrogen (secondary N) is 2. The van der Waals surface area contributed by atoms with Gasteiger partial charge in [-0.05, 0) is 37.0 Å². The number of carbonyl (C=O) groups is 1. The van der Waals surface area contributed by atoms with E-state index in [1.54, 1.807) is 0 Å². The maximum absolute atomic E-state index is 14.3. The number of aromatic nitrogens is 2. The summed E-state index contributed by atoms with van der Waals surface area (Å²) in [7, 11) is 0. The normalized spacial score (nSPS) is 21.4. The van der Waals surface area contributed by atoms with Crippen LogP contribution in [-0.2, 0) is 11.3 Å². The van der Waals surface area contributed by atoms with Crippen LogP contribution in [0.2, 0.25) is 0 Å². The molecule has 0 saturated heterocycles. The highest BCUT2D eigenvalue weighted by atomic mass is 19.3. The predicted molar refractivity (Wildman–Crippen MR) is 107 cm³/mol. The first-order chi connectivity index (χ1) is 14.7. The van der Waals surface area contributed by atoms with Crippen molar-refractivity contribution < 1.29 is 23.1 Å². The highest BCUT2D eigenvalue weighted by molar-refractivity contribution is 6.47. The zero-order valence-electron chi connectivity index (χ0n) is 16.8. The van der Waals surface area contributed by atoms with Gasteiger partial charge in [0.05, 0.1) is 29.9 Å². The van der Waals surface area contributed by atoms with Gasteiger partial charge < -0.3 is 15.7 Å². The number of hydrogen-bond donors (Lipinski definition) is 3. The fourth-order valence-corrected chi connectivity index (χ4v) is 3.99. The number of halogens is 3. The molecule has 164 valence electrons. The Labute approximate surface area is 176 Å². The zero-order chi connectivity index (χ0) is 22.2. The number of rotatable bonds is 6. The van der Waals surface area contributed by atoms with Crippen molar-refractivity contribution in [3.63, 3.8) is 0 Å². The van der Waals surface area contributed by atoms with Crippen LogP contribution in [0.4, 0.5) is 19.0 Å². The van der Waals surface area contributed by atoms with Crippen molar-refractivity contribution in [2.24, 2.45) is 4.99 Å². The zero-order valence-corrected chi connectivity index (χ0v) is 16.8. The van der Waals surface area contributed by atoms with Gasteiger partial charge in [0, 0.05) is 6.92 Å². The third-order valence-corrected chi connectivity index (χ3v) is 5.53. The van der Waals surface area contributed by atoms with Crippen molar-refractivity contribution in [2.45, 2.75) is 56.8 Å². The average molecular weight is 433 g/mol. The second-order valence-electron chi connectivity index (χ2n) is 7.88. The van der Waals surface area contributed by atoms with Crippen molar-refractivity contribution in [1.29, 1.82) is 0 Å². The first kappa shape index (κ1) is 21.2. The van der Waals surface area contributed by atoms with Gasteiger partial charge in [0.2, 0.25) is 0 Å². The molecular formula is C21H22F3N5O2. The molecular weight excluding hydrogens is 411 g/mol. The minimum Gasteiger partial charge on any atom is -0.391 e. The maximum Gasteiger partial charge on any atom is 0.270 e. The first-order valence-electron chi connectivity index (χ1n) is 10.0. The van der Waals surface area contributed by atoms with E-state index in [9.17, 15) is 23.1 Å². The van der Waals surface area contributed by atoms with Crippen molar-refractivity contribution in [1.82, 2.24) is 15.3 Å². The van der Waals surface area contributed by atoms with E-state index in [4.69, 9.17) is 0 Å². The Morgan fingerprint density at radius 1 is 1.29 bits per heavy atom. The van der Waals surface area contributed by atoms with Crippen molar-refractivity contribution in [2.75, 3.05) is 5.32 Å². The Hall–Kier alpha value is -3.01. The number of benzene rings is 1. The molecule has 7 nitrogen and oxygen atoms in total. The van der Waals surface area contributed by atoms with Crippen molar-refractivity contribution in [3.05, 3.63) is 53.2 Å². The smallest absolute Gasteiger partial charge is 0.270 e. The number of alkyl halides is 2. The molecule has 1 aliphatic carbocycles. The van der Waals surface area contributed by atoms with Gasteiger partial charge in [0.15, 0.2) is 0 Å². The lowest BCUT2D eigenvalue weighted by Gasteiger charge is -2.25. The largest absolute Gasteiger partial charge is 0.391 e. The number of fused-ring (bicyclic) bond motifs is 1. The van der Waals surface area contributed by atoms with E-state index in [0.29, 0.717) is 30.4 Å². The third kappa shape index (κ3) is 4.39. The van der Waals surface area contributed by atoms with Crippen molar-refractivity contribution in [3.8, 4) is 0 Å². The number of amides is 1. The molecule has 1 saturated carbocycles. The molecule has 0 spiro atoms. The summed E-state index contributed by atoms with van der Waals surface area (Å²) in [5.74, 6) is -4.54. The molecule has 3 atom stereocenters. The van der Waals surface area contributed by atoms with Crippen LogP contribution in [0.1, 0.15) is 49.0 Å². The summed E-state index contributed by atoms with van der Waals surface area (Å²) < 4.78 is 42.2. The minimum absolute atomic E-state index is 0.0589. The molecule has 3 N–H and O–H groups in total. The van der Waals surface area contributed by atoms with Gasteiger partial charge in [-0.1, -0.05) is 12.1 Å². The number of anilines is 1. The minimum atomic E-state index is -3.35. The van der Waals surface area contributed by atoms with E-state index in [1.807, 2.05) is 0 Å². The summed E-state index contributed by atoms with van der Waals surface area (Å²) in [6.07, 6.45) is 3.04. The van der Waals surface area contributed by atoms with E-state index in [1.165, 1.54) is 18.5 Å². The SMILES string of the molecule is CC(F)(F)[C@@H](NC(=O)C1=NCc2ncnc(N[C@@H]3CCC[C@H]3O)c21)c1cccc(F)c1. The number of aliphatic hydroxyl groups is 1. The molecule has 1 aromatic heterocycles. The fraction of sp³-hybridized carbons (Fsp3) is 0.429. The van der Waals surface area contributed by atoms with Gasteiger partial charge >= 0.3 is 0 Å². The van der Waals surface area contributed by atoms with Crippen LogP contribution in [-0.4, -0.2) is 44.8 Å². The maximum atomic E-state index is 14.3. The number of hydrogen-bond acceptors (Lipinski definition) is 6. The highest BCUT2D eigenvalue weighted by Crippen LogP contribution is 2.32. The lowest BCUT2D eigenvalue weighted by molar-refractivity contribution is -0.118. The van der Waals surface area contributed by atoms with Crippen LogP contribution in [0.15, 0.2) is 35.6 Å². The number of nitrogens with zero attached hydrogens (tertiary/aromatic N) is 3. The molecule has 2 aliphatic rings. The summed E-state index contributed by atoms with van der Waals surface area (Å²) in [6, 6.07) is 2.75. The molecule has 2 aromatic rings. The number of carbonyl (C=O) groups excluding carboxylic acids is 1. The molecule has 1 aromatic carbocycles. The topological polar surface area (TPSA) is 99.5 Å². The van der Waals surface area contributed by atoms with Gasteiger partial charge in [-0.3, -0.25) is 9.79 Å². The summed E-state index contributed by atoms with van der Waals surface area (Å²) >= 11 is 0. The summed E-state index contributed by atoms with van der Waals surface area (Å²) in [5, 5.41) is 15.5. The summed E-state index contributed by atoms with van der Waals surface area (Å²) in [5.41, 5.74) is 0.685. The Morgan fingerprint density at radius 3 is 2.77 bits per heavy atom. The van der Waals surface area contributed by atoms with Crippen LogP contribution >= 0.6 is 0 Å². The lowest BCUT2D eigenvalue weighted by atomic mass is 10.0. The van der Waals surface area contributed by atoms with Crippen LogP contribution in [0.5, 0.6) is 0 Å². The molecule has 1 aliphatic heterocycles. The summed E-state index contributed by atoms with van der Waals surface area (Å²) in [6.45, 7) is 0.764. The Bertz CT molecular complexity index is 1020. The van der Waals surface area contributed by atoms with Gasteiger partial charge in [-0.15, -0.1) is 0 Å². The van der Waals surface area contributed by atoms with Crippen LogP contribution in [0.3, 0.4) is 0 Å². The monoisotopic (exact) mass is 433 g/mol. The predicted octanol–water partition coefficient (Wildman–Crippen LogP) is 2.76. The Morgan fingerprint density at radius 2 is 2.10 bits per heavy atom. The van der Waals surface area contributed by atoms with E-state index >= 15 is 0 Å². The Kier molecular flexibility index (Phi) is 5.65. The van der Waals surface area contributed by atoms with Crippen LogP contribution < -0.4 is 10.6 Å². The van der Waals surface area contributed by atoms with Gasteiger partial charge in [-0.2, -0.15) is 0 Å². The summed E-state index contributed by atoms with van der Waals surface area (Å²) in [4.78, 5) is 25.5. The van der Waals surface area contributed by atoms with Gasteiger partial charge in [0.1, 0.15) is 29.7 Å². The van der Waals surface area contributed by atoms with E-state index < -0.39 is 29.8 Å². The fourth-order valence-electron chi connectivity index (χ4n) is 3.99. The van der Waals surface area contributed by atoms with E-state index in [2.05, 4.69) is 25.6 Å². The average Bonchev–Trinajstić information content (AvgIpc) is 3.32. The Balaban J connectivity index is 1.61. The molecule has 31 heavy (non-hydrogen) atoms. The standard InChI is InChI=1S/C21H22F3N5O2/c1-21(23,24)18(11-4-2-5-12(22)8-11)29-20(31)17-16-14(9-25-17)26-10-27-19(16)28-13-6-3-7-15(13)30/h2,4-5,8,10,13,15,18,30H,3,6-7,9H2,1H3,(H,29,31)(H,26,27,28)/t13-,15-,18+/m1/s1. The highest BCUT2D eigenvalue weighted by Gasteiger charge is 2.39. The second kappa shape index (κ2) is 8.26. The molecule has 0 unspecified atom stereocenters. The molecule has 4 rings (SSSR count). The van der Waals surface area contributed by atoms with Crippen molar-refractivity contribution >= 4 is 17.4 Å². The third-order valence-electron chi connectivity index (χ3n) is 5.53. The van der Waals surface area contributed by atoms with Gasteiger partial charge in [-0.25, -0.2) is 23.1 Å². The first-order valence-corrected chi connectivity index (χ1v) is 10.0. The molecule has 0 bridgehead atoms. The van der Waals surface area contributed by atoms with E-state index in [0.717, 1.165) is 25.0 Å². The van der Waals surface area contributed by atoms with Crippen LogP contribution in [0.25, 0.3) is 0 Å². The molecule has 10 heteroatoms. The molecule has 1 amide bonds. The molecule has 1 fully saturated rings. The van der Waals surface area contributed by atoms with E-state index in [-0.39, 0.29) is 23.9 Å². The second-order valence-corrected chi connectivity index (χ2v) is 7.88.